The van der Waals surface area contributed by atoms with Gasteiger partial charge in [0, 0.05) is 17.8 Å². The number of amides is 1. The lowest BCUT2D eigenvalue weighted by atomic mass is 9.93. The van der Waals surface area contributed by atoms with E-state index in [0.29, 0.717) is 0 Å². The summed E-state index contributed by atoms with van der Waals surface area (Å²) in [5.41, 5.74) is 2.39. The van der Waals surface area contributed by atoms with Crippen LogP contribution in [-0.2, 0) is 11.2 Å². The zero-order chi connectivity index (χ0) is 20.8. The van der Waals surface area contributed by atoms with E-state index in [4.69, 9.17) is 0 Å². The highest BCUT2D eigenvalue weighted by Crippen LogP contribution is 2.44. The molecule has 4 rings (SSSR count). The van der Waals surface area contributed by atoms with Gasteiger partial charge in [-0.1, -0.05) is 12.1 Å². The van der Waals surface area contributed by atoms with E-state index in [1.165, 1.54) is 18.2 Å². The number of hydrogen-bond donors (Lipinski definition) is 0. The fraction of sp³-hybridized carbons (Fsp3) is 0.458. The molecule has 0 aromatic heterocycles. The Hall–Kier alpha value is -2.43. The first-order valence-corrected chi connectivity index (χ1v) is 10.4. The largest absolute Gasteiger partial charge is 0.361 e. The SMILES string of the molecule is Cc1cc(F)ccc1CC(=O)N1CCC[C@H]2[C@@H]1CC(C)(C)N2c1cccc(F)c1. The molecular weight excluding hydrogens is 370 g/mol. The van der Waals surface area contributed by atoms with Crippen LogP contribution in [0.2, 0.25) is 0 Å². The molecule has 0 unspecified atom stereocenters. The van der Waals surface area contributed by atoms with Crippen molar-refractivity contribution in [1.29, 1.82) is 0 Å². The van der Waals surface area contributed by atoms with Crippen LogP contribution in [0.15, 0.2) is 42.5 Å². The lowest BCUT2D eigenvalue weighted by Crippen LogP contribution is -2.53. The molecule has 154 valence electrons. The number of anilines is 1. The summed E-state index contributed by atoms with van der Waals surface area (Å²) in [6, 6.07) is 11.6. The van der Waals surface area contributed by atoms with E-state index in [2.05, 4.69) is 18.7 Å². The summed E-state index contributed by atoms with van der Waals surface area (Å²) < 4.78 is 27.3. The summed E-state index contributed by atoms with van der Waals surface area (Å²) in [5.74, 6) is -0.427. The Bertz CT molecular complexity index is 927. The maximum Gasteiger partial charge on any atom is 0.227 e. The molecule has 1 amide bonds. The van der Waals surface area contributed by atoms with E-state index >= 15 is 0 Å². The van der Waals surface area contributed by atoms with Crippen molar-refractivity contribution in [1.82, 2.24) is 4.90 Å². The van der Waals surface area contributed by atoms with Gasteiger partial charge in [0.2, 0.25) is 5.91 Å². The molecule has 2 fully saturated rings. The average Bonchev–Trinajstić information content (AvgIpc) is 2.93. The van der Waals surface area contributed by atoms with Crippen LogP contribution in [0, 0.1) is 18.6 Å². The van der Waals surface area contributed by atoms with E-state index in [-0.39, 0.29) is 41.6 Å². The molecule has 3 nitrogen and oxygen atoms in total. The maximum atomic E-state index is 13.9. The molecule has 29 heavy (non-hydrogen) atoms. The summed E-state index contributed by atoms with van der Waals surface area (Å²) in [4.78, 5) is 17.5. The van der Waals surface area contributed by atoms with Crippen molar-refractivity contribution < 1.29 is 13.6 Å². The van der Waals surface area contributed by atoms with Gasteiger partial charge in [-0.05, 0) is 81.5 Å². The molecule has 0 N–H and O–H groups in total. The minimum atomic E-state index is -0.278. The topological polar surface area (TPSA) is 23.6 Å². The van der Waals surface area contributed by atoms with Crippen LogP contribution in [-0.4, -0.2) is 35.0 Å². The molecule has 0 spiro atoms. The molecule has 2 aromatic carbocycles. The minimum absolute atomic E-state index is 0.0892. The molecule has 2 aliphatic rings. The number of likely N-dealkylation sites (tertiary alicyclic amines) is 1. The number of carbonyl (C=O) groups excluding carboxylic acids is 1. The summed E-state index contributed by atoms with van der Waals surface area (Å²) >= 11 is 0. The van der Waals surface area contributed by atoms with Crippen LogP contribution in [0.3, 0.4) is 0 Å². The third-order valence-corrected chi connectivity index (χ3v) is 6.49. The number of fused-ring (bicyclic) bond motifs is 1. The fourth-order valence-electron chi connectivity index (χ4n) is 5.24. The number of piperidine rings is 1. The van der Waals surface area contributed by atoms with Crippen LogP contribution in [0.25, 0.3) is 0 Å². The quantitative estimate of drug-likeness (QED) is 0.737. The van der Waals surface area contributed by atoms with Gasteiger partial charge in [0.25, 0.3) is 0 Å². The normalized spacial score (nSPS) is 23.2. The number of benzene rings is 2. The molecule has 2 aromatic rings. The predicted octanol–water partition coefficient (Wildman–Crippen LogP) is 4.86. The van der Waals surface area contributed by atoms with Gasteiger partial charge in [0.1, 0.15) is 11.6 Å². The molecule has 2 aliphatic heterocycles. The Morgan fingerprint density at radius 3 is 2.59 bits per heavy atom. The third-order valence-electron chi connectivity index (χ3n) is 6.49. The maximum absolute atomic E-state index is 13.9. The van der Waals surface area contributed by atoms with Crippen LogP contribution in [0.4, 0.5) is 14.5 Å². The number of hydrogen-bond acceptors (Lipinski definition) is 2. The minimum Gasteiger partial charge on any atom is -0.361 e. The molecule has 2 atom stereocenters. The van der Waals surface area contributed by atoms with Crippen LogP contribution in [0.1, 0.15) is 44.2 Å². The van der Waals surface area contributed by atoms with Crippen LogP contribution >= 0.6 is 0 Å². The van der Waals surface area contributed by atoms with Crippen molar-refractivity contribution in [2.24, 2.45) is 0 Å². The Kier molecular flexibility index (Phi) is 5.09. The number of halogens is 2. The molecular formula is C24H28F2N2O. The molecule has 5 heteroatoms. The molecule has 0 radical (unpaired) electrons. The average molecular weight is 398 g/mol. The van der Waals surface area contributed by atoms with Crippen LogP contribution < -0.4 is 4.90 Å². The summed E-state index contributed by atoms with van der Waals surface area (Å²) in [5, 5.41) is 0. The standard InChI is InChI=1S/C24H28F2N2O/c1-16-12-19(26)10-9-17(16)13-23(29)27-11-5-8-21-22(27)15-24(2,3)28(21)20-7-4-6-18(25)14-20/h4,6-7,9-10,12,14,21-22H,5,8,11,13,15H2,1-3H3/t21-,22-/m0/s1. The number of aryl methyl sites for hydroxylation is 1. The van der Waals surface area contributed by atoms with E-state index < -0.39 is 0 Å². The van der Waals surface area contributed by atoms with Gasteiger partial charge in [-0.3, -0.25) is 4.79 Å². The lowest BCUT2D eigenvalue weighted by Gasteiger charge is -2.42. The third kappa shape index (κ3) is 3.75. The van der Waals surface area contributed by atoms with Gasteiger partial charge >= 0.3 is 0 Å². The molecule has 0 bridgehead atoms. The Morgan fingerprint density at radius 2 is 1.86 bits per heavy atom. The monoisotopic (exact) mass is 398 g/mol. The van der Waals surface area contributed by atoms with Crippen LogP contribution in [0.5, 0.6) is 0 Å². The van der Waals surface area contributed by atoms with Gasteiger partial charge in [-0.15, -0.1) is 0 Å². The molecule has 0 aliphatic carbocycles. The van der Waals surface area contributed by atoms with Crippen molar-refractivity contribution in [3.8, 4) is 0 Å². The van der Waals surface area contributed by atoms with Gasteiger partial charge in [-0.2, -0.15) is 0 Å². The highest BCUT2D eigenvalue weighted by atomic mass is 19.1. The molecule has 2 heterocycles. The molecule has 0 saturated carbocycles. The number of rotatable bonds is 3. The zero-order valence-corrected chi connectivity index (χ0v) is 17.3. The Morgan fingerprint density at radius 1 is 1.10 bits per heavy atom. The molecule has 2 saturated heterocycles. The van der Waals surface area contributed by atoms with E-state index in [1.54, 1.807) is 18.2 Å². The smallest absolute Gasteiger partial charge is 0.227 e. The van der Waals surface area contributed by atoms with Gasteiger partial charge < -0.3 is 9.80 Å². The second-order valence-electron chi connectivity index (χ2n) is 8.98. The highest BCUT2D eigenvalue weighted by molar-refractivity contribution is 5.80. The van der Waals surface area contributed by atoms with E-state index in [9.17, 15) is 13.6 Å². The second-order valence-corrected chi connectivity index (χ2v) is 8.98. The number of carbonyl (C=O) groups is 1. The summed E-state index contributed by atoms with van der Waals surface area (Å²) in [6.07, 6.45) is 3.05. The predicted molar refractivity (Wildman–Crippen MR) is 111 cm³/mol. The summed E-state index contributed by atoms with van der Waals surface area (Å²) in [6.45, 7) is 6.92. The second kappa shape index (κ2) is 7.43. The Balaban J connectivity index is 1.59. The first-order chi connectivity index (χ1) is 13.8. The van der Waals surface area contributed by atoms with E-state index in [0.717, 1.165) is 42.6 Å². The summed E-state index contributed by atoms with van der Waals surface area (Å²) in [7, 11) is 0. The fourth-order valence-corrected chi connectivity index (χ4v) is 5.24. The van der Waals surface area contributed by atoms with Crippen molar-refractivity contribution in [2.45, 2.75) is 64.1 Å². The lowest BCUT2D eigenvalue weighted by molar-refractivity contribution is -0.134. The van der Waals surface area contributed by atoms with Crippen molar-refractivity contribution in [3.05, 3.63) is 65.2 Å². The zero-order valence-electron chi connectivity index (χ0n) is 17.3. The Labute approximate surface area is 171 Å². The first-order valence-electron chi connectivity index (χ1n) is 10.4. The van der Waals surface area contributed by atoms with E-state index in [1.807, 2.05) is 17.9 Å². The van der Waals surface area contributed by atoms with Crippen molar-refractivity contribution in [3.63, 3.8) is 0 Å². The van der Waals surface area contributed by atoms with Gasteiger partial charge in [0.15, 0.2) is 0 Å². The number of nitrogens with zero attached hydrogens (tertiary/aromatic N) is 2. The first kappa shape index (κ1) is 19.9. The van der Waals surface area contributed by atoms with Gasteiger partial charge in [0.05, 0.1) is 18.5 Å². The van der Waals surface area contributed by atoms with Crippen molar-refractivity contribution in [2.75, 3.05) is 11.4 Å². The van der Waals surface area contributed by atoms with Gasteiger partial charge in [-0.25, -0.2) is 8.78 Å². The van der Waals surface area contributed by atoms with Crippen molar-refractivity contribution >= 4 is 11.6 Å². The highest BCUT2D eigenvalue weighted by Gasteiger charge is 2.50.